The van der Waals surface area contributed by atoms with E-state index in [1.165, 1.54) is 24.3 Å². The lowest BCUT2D eigenvalue weighted by Crippen LogP contribution is -2.17. The molecule has 0 atom stereocenters. The van der Waals surface area contributed by atoms with Crippen LogP contribution in [0.1, 0.15) is 31.2 Å². The molecule has 0 aromatic heterocycles. The van der Waals surface area contributed by atoms with E-state index in [0.717, 1.165) is 31.3 Å². The van der Waals surface area contributed by atoms with Crippen molar-refractivity contribution in [2.75, 3.05) is 0 Å². The average molecular weight is 284 g/mol. The molecule has 0 N–H and O–H groups in total. The molecule has 5 heteroatoms. The first-order valence-electron chi connectivity index (χ1n) is 6.51. The van der Waals surface area contributed by atoms with Crippen LogP contribution in [-0.4, -0.2) is 12.1 Å². The van der Waals surface area contributed by atoms with E-state index in [4.69, 9.17) is 0 Å². The Hall–Kier alpha value is -1.78. The lowest BCUT2D eigenvalue weighted by Gasteiger charge is -2.12. The maximum absolute atomic E-state index is 12.0. The SMILES string of the molecule is O=C(Cc1ccc(OC(F)(F)F)cc1)C1=CCCCC1. The molecule has 2 rings (SSSR count). The van der Waals surface area contributed by atoms with E-state index in [1.807, 2.05) is 6.08 Å². The van der Waals surface area contributed by atoms with Crippen molar-refractivity contribution in [2.45, 2.75) is 38.5 Å². The Morgan fingerprint density at radius 3 is 2.40 bits per heavy atom. The molecule has 0 fully saturated rings. The summed E-state index contributed by atoms with van der Waals surface area (Å²) in [5, 5.41) is 0. The fourth-order valence-electron chi connectivity index (χ4n) is 2.20. The molecule has 0 radical (unpaired) electrons. The van der Waals surface area contributed by atoms with Crippen LogP contribution in [0, 0.1) is 0 Å². The Balaban J connectivity index is 1.96. The van der Waals surface area contributed by atoms with E-state index in [9.17, 15) is 18.0 Å². The van der Waals surface area contributed by atoms with Gasteiger partial charge in [-0.1, -0.05) is 18.2 Å². The maximum atomic E-state index is 12.0. The van der Waals surface area contributed by atoms with Crippen LogP contribution in [-0.2, 0) is 11.2 Å². The highest BCUT2D eigenvalue weighted by Crippen LogP contribution is 2.24. The van der Waals surface area contributed by atoms with E-state index >= 15 is 0 Å². The van der Waals surface area contributed by atoms with Crippen molar-refractivity contribution in [3.8, 4) is 5.75 Å². The number of halogens is 3. The Morgan fingerprint density at radius 1 is 1.15 bits per heavy atom. The molecule has 1 aromatic rings. The lowest BCUT2D eigenvalue weighted by molar-refractivity contribution is -0.274. The molecule has 0 bridgehead atoms. The fourth-order valence-corrected chi connectivity index (χ4v) is 2.20. The minimum absolute atomic E-state index is 0.0502. The molecular formula is C15H15F3O2. The van der Waals surface area contributed by atoms with Gasteiger partial charge in [0.1, 0.15) is 5.75 Å². The third-order valence-electron chi connectivity index (χ3n) is 3.17. The molecule has 0 aliphatic heterocycles. The minimum Gasteiger partial charge on any atom is -0.406 e. The molecule has 108 valence electrons. The number of benzene rings is 1. The molecule has 0 saturated carbocycles. The molecule has 0 heterocycles. The Bertz CT molecular complexity index is 501. The van der Waals surface area contributed by atoms with Gasteiger partial charge in [0.05, 0.1) is 0 Å². The minimum atomic E-state index is -4.69. The first-order chi connectivity index (χ1) is 9.44. The normalized spacial score (nSPS) is 15.7. The predicted molar refractivity (Wildman–Crippen MR) is 68.4 cm³/mol. The topological polar surface area (TPSA) is 26.3 Å². The molecule has 2 nitrogen and oxygen atoms in total. The molecule has 1 aliphatic carbocycles. The summed E-state index contributed by atoms with van der Waals surface area (Å²) in [6.45, 7) is 0. The van der Waals surface area contributed by atoms with Gasteiger partial charge in [0.25, 0.3) is 0 Å². The summed E-state index contributed by atoms with van der Waals surface area (Å²) in [7, 11) is 0. The smallest absolute Gasteiger partial charge is 0.406 e. The van der Waals surface area contributed by atoms with Crippen molar-refractivity contribution < 1.29 is 22.7 Å². The van der Waals surface area contributed by atoms with E-state index in [0.29, 0.717) is 5.56 Å². The van der Waals surface area contributed by atoms with E-state index in [1.54, 1.807) is 0 Å². The first-order valence-corrected chi connectivity index (χ1v) is 6.51. The average Bonchev–Trinajstić information content (AvgIpc) is 2.40. The highest BCUT2D eigenvalue weighted by molar-refractivity contribution is 5.96. The van der Waals surface area contributed by atoms with Crippen molar-refractivity contribution >= 4 is 5.78 Å². The van der Waals surface area contributed by atoms with Crippen LogP contribution in [0.15, 0.2) is 35.9 Å². The van der Waals surface area contributed by atoms with Gasteiger partial charge in [0, 0.05) is 6.42 Å². The van der Waals surface area contributed by atoms with Crippen molar-refractivity contribution in [2.24, 2.45) is 0 Å². The molecule has 20 heavy (non-hydrogen) atoms. The number of Topliss-reactive ketones (excluding diaryl/α,β-unsaturated/α-hetero) is 1. The number of carbonyl (C=O) groups is 1. The molecule has 0 saturated heterocycles. The van der Waals surface area contributed by atoms with Crippen LogP contribution >= 0.6 is 0 Å². The van der Waals surface area contributed by atoms with Crippen LogP contribution in [0.4, 0.5) is 13.2 Å². The number of hydrogen-bond donors (Lipinski definition) is 0. The zero-order chi connectivity index (χ0) is 14.6. The molecule has 1 aromatic carbocycles. The van der Waals surface area contributed by atoms with Gasteiger partial charge in [-0.05, 0) is 49.0 Å². The summed E-state index contributed by atoms with van der Waals surface area (Å²) in [5.74, 6) is -0.222. The van der Waals surface area contributed by atoms with Gasteiger partial charge in [-0.15, -0.1) is 13.2 Å². The number of alkyl halides is 3. The number of allylic oxidation sites excluding steroid dienone is 2. The summed E-state index contributed by atoms with van der Waals surface area (Å²) in [6, 6.07) is 5.43. The van der Waals surface area contributed by atoms with E-state index in [2.05, 4.69) is 4.74 Å². The Labute approximate surface area is 115 Å². The van der Waals surface area contributed by atoms with Crippen molar-refractivity contribution in [3.05, 3.63) is 41.5 Å². The van der Waals surface area contributed by atoms with E-state index in [-0.39, 0.29) is 18.0 Å². The number of ether oxygens (including phenoxy) is 1. The predicted octanol–water partition coefficient (Wildman–Crippen LogP) is 4.20. The van der Waals surface area contributed by atoms with Gasteiger partial charge in [-0.3, -0.25) is 4.79 Å². The third kappa shape index (κ3) is 4.40. The van der Waals surface area contributed by atoms with Gasteiger partial charge in [-0.25, -0.2) is 0 Å². The quantitative estimate of drug-likeness (QED) is 0.828. The second-order valence-corrected chi connectivity index (χ2v) is 4.77. The van der Waals surface area contributed by atoms with Gasteiger partial charge < -0.3 is 4.74 Å². The summed E-state index contributed by atoms with van der Waals surface area (Å²) in [4.78, 5) is 12.0. The second-order valence-electron chi connectivity index (χ2n) is 4.77. The van der Waals surface area contributed by atoms with Gasteiger partial charge in [0.2, 0.25) is 0 Å². The molecular weight excluding hydrogens is 269 g/mol. The number of hydrogen-bond acceptors (Lipinski definition) is 2. The molecule has 1 aliphatic rings. The second kappa shape index (κ2) is 6.11. The highest BCUT2D eigenvalue weighted by Gasteiger charge is 2.30. The highest BCUT2D eigenvalue weighted by atomic mass is 19.4. The van der Waals surface area contributed by atoms with Crippen LogP contribution in [0.3, 0.4) is 0 Å². The Morgan fingerprint density at radius 2 is 1.85 bits per heavy atom. The lowest BCUT2D eigenvalue weighted by atomic mass is 9.93. The number of rotatable bonds is 4. The van der Waals surface area contributed by atoms with Crippen molar-refractivity contribution in [1.29, 1.82) is 0 Å². The Kier molecular flexibility index (Phi) is 4.47. The third-order valence-corrected chi connectivity index (χ3v) is 3.17. The number of ketones is 1. The zero-order valence-corrected chi connectivity index (χ0v) is 10.9. The zero-order valence-electron chi connectivity index (χ0n) is 10.9. The van der Waals surface area contributed by atoms with Crippen molar-refractivity contribution in [3.63, 3.8) is 0 Å². The number of carbonyl (C=O) groups excluding carboxylic acids is 1. The molecule has 0 unspecified atom stereocenters. The van der Waals surface area contributed by atoms with Crippen molar-refractivity contribution in [1.82, 2.24) is 0 Å². The summed E-state index contributed by atoms with van der Waals surface area (Å²) < 4.78 is 39.8. The van der Waals surface area contributed by atoms with Gasteiger partial charge in [-0.2, -0.15) is 0 Å². The van der Waals surface area contributed by atoms with Crippen LogP contribution in [0.2, 0.25) is 0 Å². The molecule has 0 spiro atoms. The monoisotopic (exact) mass is 284 g/mol. The van der Waals surface area contributed by atoms with Crippen LogP contribution < -0.4 is 4.74 Å². The largest absolute Gasteiger partial charge is 0.573 e. The summed E-state index contributed by atoms with van der Waals surface area (Å²) >= 11 is 0. The van der Waals surface area contributed by atoms with Crippen LogP contribution in [0.25, 0.3) is 0 Å². The van der Waals surface area contributed by atoms with Gasteiger partial charge >= 0.3 is 6.36 Å². The van der Waals surface area contributed by atoms with Gasteiger partial charge in [0.15, 0.2) is 5.78 Å². The molecule has 0 amide bonds. The van der Waals surface area contributed by atoms with E-state index < -0.39 is 6.36 Å². The summed E-state index contributed by atoms with van der Waals surface area (Å²) in [6.07, 6.45) is 1.36. The summed E-state index contributed by atoms with van der Waals surface area (Å²) in [5.41, 5.74) is 1.53. The standard InChI is InChI=1S/C15H15F3O2/c16-15(17,18)20-13-8-6-11(7-9-13)10-14(19)12-4-2-1-3-5-12/h4,6-9H,1-3,5,10H2. The fraction of sp³-hybridized carbons (Fsp3) is 0.400. The maximum Gasteiger partial charge on any atom is 0.573 e. The first kappa shape index (κ1) is 14.6. The van der Waals surface area contributed by atoms with Crippen LogP contribution in [0.5, 0.6) is 5.75 Å².